The van der Waals surface area contributed by atoms with Crippen LogP contribution in [0.4, 0.5) is 0 Å². The van der Waals surface area contributed by atoms with Gasteiger partial charge in [0.05, 0.1) is 0 Å². The largest absolute Gasteiger partial charge is 0.480 e. The summed E-state index contributed by atoms with van der Waals surface area (Å²) in [6, 6.07) is 14.5. The highest BCUT2D eigenvalue weighted by atomic mass is 32.2. The summed E-state index contributed by atoms with van der Waals surface area (Å²) in [5.74, 6) is 2.61. The average Bonchev–Trinajstić information content (AvgIpc) is 2.64. The molecule has 1 atom stereocenters. The second-order valence-electron chi connectivity index (χ2n) is 6.54. The maximum atomic E-state index is 12.4. The fourth-order valence-electron chi connectivity index (χ4n) is 2.56. The van der Waals surface area contributed by atoms with Gasteiger partial charge in [-0.1, -0.05) is 48.9 Å². The highest BCUT2D eigenvalue weighted by Gasteiger charge is 2.18. The van der Waals surface area contributed by atoms with Gasteiger partial charge in [0.25, 0.3) is 5.91 Å². The van der Waals surface area contributed by atoms with Crippen LogP contribution in [0.2, 0.25) is 0 Å². The average molecular weight is 372 g/mol. The summed E-state index contributed by atoms with van der Waals surface area (Å²) in [6.07, 6.45) is 0.202. The van der Waals surface area contributed by atoms with Gasteiger partial charge >= 0.3 is 0 Å². The number of ether oxygens (including phenoxy) is 1. The molecule has 3 nitrogen and oxygen atoms in total. The van der Waals surface area contributed by atoms with Crippen molar-refractivity contribution < 1.29 is 9.53 Å². The fourth-order valence-corrected chi connectivity index (χ4v) is 3.38. The van der Waals surface area contributed by atoms with Crippen LogP contribution >= 0.6 is 11.8 Å². The van der Waals surface area contributed by atoms with E-state index in [1.807, 2.05) is 37.7 Å². The smallest absolute Gasteiger partial charge is 0.261 e. The number of nitrogens with one attached hydrogen (secondary N) is 1. The van der Waals surface area contributed by atoms with Gasteiger partial charge in [-0.15, -0.1) is 0 Å². The van der Waals surface area contributed by atoms with Gasteiger partial charge in [0.2, 0.25) is 0 Å². The number of amides is 1. The van der Waals surface area contributed by atoms with Crippen molar-refractivity contribution in [3.05, 3.63) is 64.7 Å². The molecule has 2 aromatic rings. The van der Waals surface area contributed by atoms with Crippen LogP contribution in [0.3, 0.4) is 0 Å². The van der Waals surface area contributed by atoms with Gasteiger partial charge in [-0.05, 0) is 49.9 Å². The molecule has 0 bridgehead atoms. The summed E-state index contributed by atoms with van der Waals surface area (Å²) in [4.78, 5) is 12.4. The van der Waals surface area contributed by atoms with Crippen LogP contribution in [-0.4, -0.2) is 24.3 Å². The molecule has 0 unspecified atom stereocenters. The molecule has 0 aliphatic heterocycles. The van der Waals surface area contributed by atoms with Gasteiger partial charge in [-0.3, -0.25) is 4.79 Å². The molecule has 0 spiro atoms. The minimum atomic E-state index is -0.447. The van der Waals surface area contributed by atoms with Gasteiger partial charge in [0, 0.05) is 18.1 Å². The maximum absolute atomic E-state index is 12.4. The molecular formula is C22H29NO2S. The predicted molar refractivity (Wildman–Crippen MR) is 111 cm³/mol. The van der Waals surface area contributed by atoms with E-state index in [0.717, 1.165) is 22.8 Å². The van der Waals surface area contributed by atoms with Crippen LogP contribution in [0.1, 0.15) is 35.6 Å². The van der Waals surface area contributed by atoms with Crippen LogP contribution in [0.15, 0.2) is 42.5 Å². The molecule has 0 heterocycles. The number of rotatable bonds is 9. The summed E-state index contributed by atoms with van der Waals surface area (Å²) < 4.78 is 5.96. The highest BCUT2D eigenvalue weighted by molar-refractivity contribution is 7.98. The monoisotopic (exact) mass is 371 g/mol. The topological polar surface area (TPSA) is 38.3 Å². The lowest BCUT2D eigenvalue weighted by molar-refractivity contribution is -0.128. The molecule has 4 heteroatoms. The second-order valence-corrected chi connectivity index (χ2v) is 7.65. The molecule has 1 amide bonds. The zero-order valence-corrected chi connectivity index (χ0v) is 17.0. The first-order chi connectivity index (χ1) is 12.5. The van der Waals surface area contributed by atoms with Gasteiger partial charge in [-0.2, -0.15) is 11.8 Å². The second kappa shape index (κ2) is 10.3. The van der Waals surface area contributed by atoms with Crippen molar-refractivity contribution in [2.24, 2.45) is 0 Å². The van der Waals surface area contributed by atoms with Gasteiger partial charge in [-0.25, -0.2) is 0 Å². The summed E-state index contributed by atoms with van der Waals surface area (Å²) in [5.41, 5.74) is 4.86. The zero-order chi connectivity index (χ0) is 18.9. The van der Waals surface area contributed by atoms with Gasteiger partial charge in [0.15, 0.2) is 6.10 Å². The Morgan fingerprint density at radius 2 is 1.85 bits per heavy atom. The van der Waals surface area contributed by atoms with Gasteiger partial charge in [0.1, 0.15) is 5.75 Å². The summed E-state index contributed by atoms with van der Waals surface area (Å²) in [5, 5.41) is 3.00. The zero-order valence-electron chi connectivity index (χ0n) is 16.2. The van der Waals surface area contributed by atoms with Crippen molar-refractivity contribution >= 4 is 17.7 Å². The summed E-state index contributed by atoms with van der Waals surface area (Å²) in [6.45, 7) is 8.80. The summed E-state index contributed by atoms with van der Waals surface area (Å²) >= 11 is 1.83. The van der Waals surface area contributed by atoms with E-state index < -0.39 is 6.10 Å². The van der Waals surface area contributed by atoms with Crippen LogP contribution in [0.5, 0.6) is 5.75 Å². The van der Waals surface area contributed by atoms with E-state index in [4.69, 9.17) is 4.74 Å². The molecule has 0 aliphatic carbocycles. The molecule has 0 radical (unpaired) electrons. The lowest BCUT2D eigenvalue weighted by Gasteiger charge is -2.19. The number of hydrogen-bond donors (Lipinski definition) is 1. The Labute approximate surface area is 161 Å². The number of hydrogen-bond acceptors (Lipinski definition) is 3. The van der Waals surface area contributed by atoms with Gasteiger partial charge < -0.3 is 10.1 Å². The summed E-state index contributed by atoms with van der Waals surface area (Å²) in [7, 11) is 0. The Morgan fingerprint density at radius 3 is 2.54 bits per heavy atom. The lowest BCUT2D eigenvalue weighted by Crippen LogP contribution is -2.39. The third-order valence-corrected chi connectivity index (χ3v) is 5.45. The van der Waals surface area contributed by atoms with Crippen LogP contribution in [0, 0.1) is 20.8 Å². The predicted octanol–water partition coefficient (Wildman–Crippen LogP) is 4.82. The van der Waals surface area contributed by atoms with E-state index in [2.05, 4.69) is 49.5 Å². The minimum Gasteiger partial charge on any atom is -0.480 e. The van der Waals surface area contributed by atoms with Crippen molar-refractivity contribution in [1.82, 2.24) is 5.32 Å². The molecule has 2 aromatic carbocycles. The first kappa shape index (κ1) is 20.4. The molecule has 0 aliphatic rings. The van der Waals surface area contributed by atoms with E-state index in [-0.39, 0.29) is 5.91 Å². The Hall–Kier alpha value is -1.94. The minimum absolute atomic E-state index is 0.0376. The van der Waals surface area contributed by atoms with E-state index >= 15 is 0 Å². The highest BCUT2D eigenvalue weighted by Crippen LogP contribution is 2.22. The van der Waals surface area contributed by atoms with Crippen molar-refractivity contribution in [2.45, 2.75) is 46.0 Å². The molecule has 1 N–H and O–H groups in total. The Kier molecular flexibility index (Phi) is 8.05. The first-order valence-corrected chi connectivity index (χ1v) is 10.3. The third kappa shape index (κ3) is 6.10. The Bertz CT molecular complexity index is 713. The number of carbonyl (C=O) groups is 1. The molecule has 2 rings (SSSR count). The molecule has 0 saturated heterocycles. The molecule has 0 saturated carbocycles. The van der Waals surface area contributed by atoms with E-state index in [1.165, 1.54) is 16.7 Å². The van der Waals surface area contributed by atoms with E-state index in [0.29, 0.717) is 13.0 Å². The fraction of sp³-hybridized carbons (Fsp3) is 0.409. The normalized spacial score (nSPS) is 11.8. The molecule has 0 aromatic heterocycles. The number of benzene rings is 2. The maximum Gasteiger partial charge on any atom is 0.261 e. The van der Waals surface area contributed by atoms with Crippen molar-refractivity contribution in [3.63, 3.8) is 0 Å². The van der Waals surface area contributed by atoms with E-state index in [9.17, 15) is 4.79 Å². The van der Waals surface area contributed by atoms with E-state index in [1.54, 1.807) is 0 Å². The quantitative estimate of drug-likeness (QED) is 0.642. The first-order valence-electron chi connectivity index (χ1n) is 9.15. The number of aryl methyl sites for hydroxylation is 2. The Balaban J connectivity index is 1.74. The molecular weight excluding hydrogens is 342 g/mol. The van der Waals surface area contributed by atoms with Crippen LogP contribution < -0.4 is 10.1 Å². The van der Waals surface area contributed by atoms with Crippen LogP contribution in [0.25, 0.3) is 0 Å². The SMILES string of the molecule is CC[C@@H](Oc1cccc(C)c1C)C(=O)NCCSCc1ccc(C)cc1. The molecule has 26 heavy (non-hydrogen) atoms. The van der Waals surface area contributed by atoms with Crippen molar-refractivity contribution in [1.29, 1.82) is 0 Å². The Morgan fingerprint density at radius 1 is 1.12 bits per heavy atom. The third-order valence-electron chi connectivity index (χ3n) is 4.42. The number of thioether (sulfide) groups is 1. The van der Waals surface area contributed by atoms with Crippen LogP contribution in [-0.2, 0) is 10.5 Å². The number of carbonyl (C=O) groups excluding carboxylic acids is 1. The van der Waals surface area contributed by atoms with Crippen molar-refractivity contribution in [3.8, 4) is 5.75 Å². The molecule has 0 fully saturated rings. The molecule has 140 valence electrons. The standard InChI is InChI=1S/C22H29NO2S/c1-5-20(25-21-8-6-7-17(3)18(21)4)22(24)23-13-14-26-15-19-11-9-16(2)10-12-19/h6-12,20H,5,13-15H2,1-4H3,(H,23,24)/t20-/m1/s1. The van der Waals surface area contributed by atoms with Crippen molar-refractivity contribution in [2.75, 3.05) is 12.3 Å². The lowest BCUT2D eigenvalue weighted by atomic mass is 10.1.